The molecule has 0 bridgehead atoms. The van der Waals surface area contributed by atoms with Gasteiger partial charge in [-0.2, -0.15) is 0 Å². The number of hydrogen-bond donors (Lipinski definition) is 2. The molecule has 1 aliphatic carbocycles. The Labute approximate surface area is 162 Å². The van der Waals surface area contributed by atoms with Crippen LogP contribution in [0.3, 0.4) is 0 Å². The van der Waals surface area contributed by atoms with Crippen LogP contribution in [0.2, 0.25) is 0 Å². The zero-order chi connectivity index (χ0) is 17.9. The molecule has 26 heavy (non-hydrogen) atoms. The summed E-state index contributed by atoms with van der Waals surface area (Å²) in [6.07, 6.45) is 3.25. The Hall–Kier alpha value is -1.78. The third-order valence-corrected chi connectivity index (χ3v) is 7.07. The summed E-state index contributed by atoms with van der Waals surface area (Å²) in [6, 6.07) is 14.5. The molecule has 1 aromatic heterocycles. The van der Waals surface area contributed by atoms with Crippen LogP contribution in [0.25, 0.3) is 10.9 Å². The van der Waals surface area contributed by atoms with E-state index in [0.717, 1.165) is 36.8 Å². The number of likely N-dealkylation sites (tertiary alicyclic amines) is 1. The minimum atomic E-state index is 0.107. The van der Waals surface area contributed by atoms with Crippen molar-refractivity contribution >= 4 is 26.8 Å². The number of phenols is 1. The van der Waals surface area contributed by atoms with Gasteiger partial charge >= 0.3 is 0 Å². The first kappa shape index (κ1) is 16.4. The highest BCUT2D eigenvalue weighted by molar-refractivity contribution is 9.10. The number of fused-ring (bicyclic) bond motifs is 4. The molecule has 2 heterocycles. The molecule has 2 unspecified atom stereocenters. The molecule has 134 valence electrons. The van der Waals surface area contributed by atoms with Crippen LogP contribution >= 0.6 is 15.9 Å². The van der Waals surface area contributed by atoms with Gasteiger partial charge in [-0.05, 0) is 80.2 Å². The van der Waals surface area contributed by atoms with Crippen LogP contribution in [-0.2, 0) is 18.3 Å². The lowest BCUT2D eigenvalue weighted by Crippen LogP contribution is -2.52. The number of phenolic OH excluding ortho intramolecular Hbond substituents is 1. The number of aromatic nitrogens is 1. The van der Waals surface area contributed by atoms with Crippen molar-refractivity contribution in [2.24, 2.45) is 5.92 Å². The molecule has 2 atom stereocenters. The van der Waals surface area contributed by atoms with E-state index < -0.39 is 0 Å². The number of aromatic hydroxyl groups is 1. The molecule has 1 saturated heterocycles. The molecule has 2 aromatic carbocycles. The maximum atomic E-state index is 10.1. The minimum absolute atomic E-state index is 0.107. The van der Waals surface area contributed by atoms with Crippen molar-refractivity contribution in [3.63, 3.8) is 0 Å². The van der Waals surface area contributed by atoms with Gasteiger partial charge in [0.25, 0.3) is 0 Å². The van der Waals surface area contributed by atoms with E-state index in [9.17, 15) is 5.11 Å². The van der Waals surface area contributed by atoms with Gasteiger partial charge in [-0.3, -0.25) is 0 Å². The summed E-state index contributed by atoms with van der Waals surface area (Å²) in [5.74, 6) is 0.939. The van der Waals surface area contributed by atoms with E-state index in [1.807, 2.05) is 12.1 Å². The van der Waals surface area contributed by atoms with Crippen LogP contribution in [0.4, 0.5) is 0 Å². The molecule has 3 aromatic rings. The van der Waals surface area contributed by atoms with Crippen LogP contribution in [0.15, 0.2) is 46.9 Å². The van der Waals surface area contributed by atoms with E-state index >= 15 is 0 Å². The summed E-state index contributed by atoms with van der Waals surface area (Å²) in [7, 11) is 2.23. The number of aromatic amines is 1. The predicted octanol–water partition coefficient (Wildman–Crippen LogP) is 4.62. The second-order valence-electron chi connectivity index (χ2n) is 8.07. The molecular weight excluding hydrogens is 388 g/mol. The first-order chi connectivity index (χ1) is 12.5. The SMILES string of the molecule is CN1CCC2(c3cccc(O)c3)Cc3[nH]c4ccc(Br)cc4c3CC2C1. The Kier molecular flexibility index (Phi) is 3.70. The van der Waals surface area contributed by atoms with Crippen molar-refractivity contribution in [2.75, 3.05) is 20.1 Å². The zero-order valence-electron chi connectivity index (χ0n) is 14.9. The van der Waals surface area contributed by atoms with Crippen molar-refractivity contribution in [1.29, 1.82) is 0 Å². The topological polar surface area (TPSA) is 39.3 Å². The molecule has 3 nitrogen and oxygen atoms in total. The van der Waals surface area contributed by atoms with Gasteiger partial charge in [-0.25, -0.2) is 0 Å². The maximum absolute atomic E-state index is 10.1. The Morgan fingerprint density at radius 1 is 1.23 bits per heavy atom. The molecule has 1 aliphatic heterocycles. The van der Waals surface area contributed by atoms with Crippen LogP contribution in [0.5, 0.6) is 5.75 Å². The standard InChI is InChI=1S/C22H23BrN2O/c1-25-8-7-22(14-3-2-4-17(26)9-14)12-21-18(10-15(22)13-25)19-11-16(23)5-6-20(19)24-21/h2-6,9,11,15,24,26H,7-8,10,12-13H2,1H3. The first-order valence-electron chi connectivity index (χ1n) is 9.32. The van der Waals surface area contributed by atoms with Gasteiger partial charge in [0.1, 0.15) is 5.75 Å². The van der Waals surface area contributed by atoms with Gasteiger partial charge in [0.05, 0.1) is 0 Å². The molecule has 5 rings (SSSR count). The second-order valence-corrected chi connectivity index (χ2v) is 8.98. The molecule has 0 spiro atoms. The van der Waals surface area contributed by atoms with Crippen molar-refractivity contribution in [3.05, 3.63) is 63.8 Å². The number of nitrogens with one attached hydrogen (secondary N) is 1. The van der Waals surface area contributed by atoms with Crippen LogP contribution in [0, 0.1) is 5.92 Å². The fourth-order valence-corrected chi connectivity index (χ4v) is 5.61. The van der Waals surface area contributed by atoms with Gasteiger partial charge < -0.3 is 15.0 Å². The molecule has 1 fully saturated rings. The largest absolute Gasteiger partial charge is 0.508 e. The lowest BCUT2D eigenvalue weighted by Gasteiger charge is -2.50. The lowest BCUT2D eigenvalue weighted by atomic mass is 9.59. The minimum Gasteiger partial charge on any atom is -0.508 e. The van der Waals surface area contributed by atoms with Crippen molar-refractivity contribution in [3.8, 4) is 5.75 Å². The summed E-state index contributed by atoms with van der Waals surface area (Å²) in [4.78, 5) is 6.16. The van der Waals surface area contributed by atoms with Crippen LogP contribution < -0.4 is 0 Å². The number of halogens is 1. The zero-order valence-corrected chi connectivity index (χ0v) is 16.5. The van der Waals surface area contributed by atoms with E-state index in [0.29, 0.717) is 11.7 Å². The smallest absolute Gasteiger partial charge is 0.115 e. The van der Waals surface area contributed by atoms with Crippen molar-refractivity contribution < 1.29 is 5.11 Å². The van der Waals surface area contributed by atoms with E-state index in [2.05, 4.69) is 57.1 Å². The molecule has 2 N–H and O–H groups in total. The third-order valence-electron chi connectivity index (χ3n) is 6.57. The number of hydrogen-bond acceptors (Lipinski definition) is 2. The summed E-state index contributed by atoms with van der Waals surface area (Å²) in [5, 5.41) is 11.5. The molecule has 2 aliphatic rings. The van der Waals surface area contributed by atoms with E-state index in [1.165, 1.54) is 27.7 Å². The van der Waals surface area contributed by atoms with Crippen LogP contribution in [0.1, 0.15) is 23.2 Å². The Morgan fingerprint density at radius 2 is 2.12 bits per heavy atom. The van der Waals surface area contributed by atoms with Gasteiger partial charge in [-0.15, -0.1) is 0 Å². The molecule has 4 heteroatoms. The van der Waals surface area contributed by atoms with E-state index in [1.54, 1.807) is 6.07 Å². The number of nitrogens with zero attached hydrogens (tertiary/aromatic N) is 1. The lowest BCUT2D eigenvalue weighted by molar-refractivity contribution is 0.0994. The summed E-state index contributed by atoms with van der Waals surface area (Å²) < 4.78 is 1.14. The fraction of sp³-hybridized carbons (Fsp3) is 0.364. The fourth-order valence-electron chi connectivity index (χ4n) is 5.25. The van der Waals surface area contributed by atoms with Crippen LogP contribution in [-0.4, -0.2) is 35.1 Å². The predicted molar refractivity (Wildman–Crippen MR) is 109 cm³/mol. The maximum Gasteiger partial charge on any atom is 0.115 e. The summed E-state index contributed by atoms with van der Waals surface area (Å²) >= 11 is 3.63. The van der Waals surface area contributed by atoms with E-state index in [-0.39, 0.29) is 5.41 Å². The highest BCUT2D eigenvalue weighted by Gasteiger charge is 2.47. The molecule has 0 saturated carbocycles. The highest BCUT2D eigenvalue weighted by atomic mass is 79.9. The van der Waals surface area contributed by atoms with Gasteiger partial charge in [-0.1, -0.05) is 28.1 Å². The number of benzene rings is 2. The highest BCUT2D eigenvalue weighted by Crippen LogP contribution is 2.49. The molecular formula is C22H23BrN2O. The normalized spacial score (nSPS) is 25.8. The summed E-state index contributed by atoms with van der Waals surface area (Å²) in [6.45, 7) is 2.21. The average Bonchev–Trinajstić information content (AvgIpc) is 2.96. The monoisotopic (exact) mass is 410 g/mol. The Morgan fingerprint density at radius 3 is 2.96 bits per heavy atom. The van der Waals surface area contributed by atoms with Crippen molar-refractivity contribution in [1.82, 2.24) is 9.88 Å². The average molecular weight is 411 g/mol. The second kappa shape index (κ2) is 5.86. The van der Waals surface area contributed by atoms with Gasteiger partial charge in [0.15, 0.2) is 0 Å². The number of H-pyrrole nitrogens is 1. The summed E-state index contributed by atoms with van der Waals surface area (Å²) in [5.41, 5.74) is 5.49. The van der Waals surface area contributed by atoms with Gasteiger partial charge in [0.2, 0.25) is 0 Å². The van der Waals surface area contributed by atoms with Gasteiger partial charge in [0, 0.05) is 33.0 Å². The molecule has 0 amide bonds. The quantitative estimate of drug-likeness (QED) is 0.613. The molecule has 0 radical (unpaired) electrons. The van der Waals surface area contributed by atoms with Crippen molar-refractivity contribution in [2.45, 2.75) is 24.7 Å². The Bertz CT molecular complexity index is 995. The number of piperidine rings is 1. The third kappa shape index (κ3) is 2.43. The van der Waals surface area contributed by atoms with E-state index in [4.69, 9.17) is 0 Å². The number of rotatable bonds is 1. The first-order valence-corrected chi connectivity index (χ1v) is 10.1. The Balaban J connectivity index is 1.68.